The normalized spacial score (nSPS) is 31.1. The highest BCUT2D eigenvalue weighted by Crippen LogP contribution is 2.11. The quantitative estimate of drug-likeness (QED) is 0.395. The first-order valence-corrected chi connectivity index (χ1v) is 3.55. The highest BCUT2D eigenvalue weighted by molar-refractivity contribution is 5.85. The van der Waals surface area contributed by atoms with Crippen LogP contribution in [0.25, 0.3) is 0 Å². The highest BCUT2D eigenvalue weighted by Gasteiger charge is 2.19. The van der Waals surface area contributed by atoms with Gasteiger partial charge in [0.1, 0.15) is 0 Å². The fraction of sp³-hybridized carbons (Fsp3) is 1.00. The molecular formula is C6H15ClN2O2. The molecule has 11 heavy (non-hydrogen) atoms. The van der Waals surface area contributed by atoms with Crippen LogP contribution < -0.4 is 11.3 Å². The molecule has 0 aromatic carbocycles. The van der Waals surface area contributed by atoms with E-state index in [4.69, 9.17) is 15.7 Å². The van der Waals surface area contributed by atoms with Crippen molar-refractivity contribution >= 4 is 12.4 Å². The van der Waals surface area contributed by atoms with Crippen LogP contribution in [0.3, 0.4) is 0 Å². The number of hydrogen-bond donors (Lipinski definition) is 3. The van der Waals surface area contributed by atoms with Gasteiger partial charge >= 0.3 is 0 Å². The number of hydrazine groups is 1. The Morgan fingerprint density at radius 3 is 2.64 bits per heavy atom. The number of rotatable bonds is 2. The van der Waals surface area contributed by atoms with Crippen molar-refractivity contribution in [3.05, 3.63) is 0 Å². The Hall–Kier alpha value is 0.130. The molecule has 1 heterocycles. The van der Waals surface area contributed by atoms with Gasteiger partial charge in [0.25, 0.3) is 0 Å². The smallest absolute Gasteiger partial charge is 0.0807 e. The molecule has 0 aromatic rings. The van der Waals surface area contributed by atoms with Crippen LogP contribution in [0.15, 0.2) is 0 Å². The van der Waals surface area contributed by atoms with E-state index >= 15 is 0 Å². The van der Waals surface area contributed by atoms with Gasteiger partial charge in [-0.1, -0.05) is 0 Å². The van der Waals surface area contributed by atoms with E-state index in [2.05, 4.69) is 5.43 Å². The minimum absolute atomic E-state index is 0. The maximum absolute atomic E-state index is 8.67. The van der Waals surface area contributed by atoms with Crippen LogP contribution in [0.4, 0.5) is 0 Å². The monoisotopic (exact) mass is 182 g/mol. The topological polar surface area (TPSA) is 67.5 Å². The van der Waals surface area contributed by atoms with Crippen molar-refractivity contribution in [1.82, 2.24) is 5.43 Å². The zero-order chi connectivity index (χ0) is 7.40. The molecule has 5 heteroatoms. The van der Waals surface area contributed by atoms with Gasteiger partial charge in [-0.3, -0.25) is 11.3 Å². The largest absolute Gasteiger partial charge is 0.394 e. The van der Waals surface area contributed by atoms with Crippen molar-refractivity contribution in [3.8, 4) is 0 Å². The lowest BCUT2D eigenvalue weighted by Crippen LogP contribution is -2.44. The van der Waals surface area contributed by atoms with Crippen molar-refractivity contribution in [2.75, 3.05) is 13.2 Å². The standard InChI is InChI=1S/C6H14N2O2.ClH/c7-8-5-1-2-6(3-9)10-4-5;/h5-6,8-9H,1-4,7H2;1H/t5-,6+;/m1./s1. The Kier molecular flexibility index (Phi) is 5.81. The number of nitrogens with two attached hydrogens (primary N) is 1. The SMILES string of the molecule is Cl.NN[C@@H]1CC[C@@H](CO)OC1. The fourth-order valence-electron chi connectivity index (χ4n) is 1.08. The molecule has 4 nitrogen and oxygen atoms in total. The lowest BCUT2D eigenvalue weighted by atomic mass is 10.1. The second kappa shape index (κ2) is 5.74. The summed E-state index contributed by atoms with van der Waals surface area (Å²) in [6, 6.07) is 0.266. The summed E-state index contributed by atoms with van der Waals surface area (Å²) in [6.45, 7) is 0.735. The molecule has 4 N–H and O–H groups in total. The van der Waals surface area contributed by atoms with Gasteiger partial charge in [-0.2, -0.15) is 0 Å². The molecule has 0 unspecified atom stereocenters. The van der Waals surface area contributed by atoms with Crippen LogP contribution >= 0.6 is 12.4 Å². The van der Waals surface area contributed by atoms with Crippen LogP contribution in [0.5, 0.6) is 0 Å². The molecule has 1 aliphatic rings. The predicted molar refractivity (Wildman–Crippen MR) is 44.4 cm³/mol. The van der Waals surface area contributed by atoms with E-state index < -0.39 is 0 Å². The molecule has 2 atom stereocenters. The van der Waals surface area contributed by atoms with E-state index in [9.17, 15) is 0 Å². The summed E-state index contributed by atoms with van der Waals surface area (Å²) >= 11 is 0. The summed E-state index contributed by atoms with van der Waals surface area (Å²) in [5.74, 6) is 5.20. The molecule has 1 fully saturated rings. The number of halogens is 1. The summed E-state index contributed by atoms with van der Waals surface area (Å²) in [5, 5.41) is 8.67. The zero-order valence-corrected chi connectivity index (χ0v) is 7.14. The number of aliphatic hydroxyl groups is 1. The summed E-state index contributed by atoms with van der Waals surface area (Å²) in [7, 11) is 0. The Bertz CT molecular complexity index is 84.6. The minimum atomic E-state index is 0. The second-order valence-electron chi connectivity index (χ2n) is 2.58. The number of ether oxygens (including phenoxy) is 1. The molecule has 68 valence electrons. The van der Waals surface area contributed by atoms with Crippen molar-refractivity contribution in [3.63, 3.8) is 0 Å². The van der Waals surface area contributed by atoms with Gasteiger partial charge in [0.05, 0.1) is 19.3 Å². The van der Waals surface area contributed by atoms with E-state index in [0.717, 1.165) is 12.8 Å². The number of nitrogens with one attached hydrogen (secondary N) is 1. The fourth-order valence-corrected chi connectivity index (χ4v) is 1.08. The molecule has 0 aromatic heterocycles. The molecule has 0 spiro atoms. The van der Waals surface area contributed by atoms with Crippen LogP contribution in [-0.4, -0.2) is 30.5 Å². The highest BCUT2D eigenvalue weighted by atomic mass is 35.5. The van der Waals surface area contributed by atoms with Gasteiger partial charge < -0.3 is 9.84 Å². The first-order chi connectivity index (χ1) is 4.86. The van der Waals surface area contributed by atoms with E-state index in [1.165, 1.54) is 0 Å². The van der Waals surface area contributed by atoms with Gasteiger partial charge in [0, 0.05) is 6.04 Å². The summed E-state index contributed by atoms with van der Waals surface area (Å²) in [4.78, 5) is 0. The summed E-state index contributed by atoms with van der Waals surface area (Å²) in [6.07, 6.45) is 1.91. The zero-order valence-electron chi connectivity index (χ0n) is 6.32. The van der Waals surface area contributed by atoms with Gasteiger partial charge in [-0.25, -0.2) is 0 Å². The summed E-state index contributed by atoms with van der Waals surface area (Å²) < 4.78 is 5.24. The van der Waals surface area contributed by atoms with Crippen molar-refractivity contribution in [2.24, 2.45) is 5.84 Å². The second-order valence-corrected chi connectivity index (χ2v) is 2.58. The molecule has 0 aliphatic carbocycles. The first-order valence-electron chi connectivity index (χ1n) is 3.55. The summed E-state index contributed by atoms with van der Waals surface area (Å²) in [5.41, 5.74) is 2.64. The van der Waals surface area contributed by atoms with Crippen molar-refractivity contribution in [1.29, 1.82) is 0 Å². The number of hydrogen-bond acceptors (Lipinski definition) is 4. The third-order valence-corrected chi connectivity index (χ3v) is 1.81. The van der Waals surface area contributed by atoms with E-state index in [1.54, 1.807) is 0 Å². The van der Waals surface area contributed by atoms with Gasteiger partial charge in [-0.05, 0) is 12.8 Å². The predicted octanol–water partition coefficient (Wildman–Crippen LogP) is -0.589. The maximum atomic E-state index is 8.67. The minimum Gasteiger partial charge on any atom is -0.394 e. The van der Waals surface area contributed by atoms with Gasteiger partial charge in [-0.15, -0.1) is 12.4 Å². The van der Waals surface area contributed by atoms with Crippen molar-refractivity contribution in [2.45, 2.75) is 25.0 Å². The van der Waals surface area contributed by atoms with Crippen LogP contribution in [0, 0.1) is 0 Å². The van der Waals surface area contributed by atoms with E-state index in [1.807, 2.05) is 0 Å². The first kappa shape index (κ1) is 11.1. The average Bonchev–Trinajstić information content (AvgIpc) is 2.05. The molecule has 0 saturated carbocycles. The average molecular weight is 183 g/mol. The molecule has 1 rings (SSSR count). The van der Waals surface area contributed by atoms with Gasteiger partial charge in [0.15, 0.2) is 0 Å². The Labute approximate surface area is 72.5 Å². The van der Waals surface area contributed by atoms with E-state index in [-0.39, 0.29) is 31.2 Å². The van der Waals surface area contributed by atoms with Crippen molar-refractivity contribution < 1.29 is 9.84 Å². The Balaban J connectivity index is 0.000001000. The maximum Gasteiger partial charge on any atom is 0.0807 e. The Morgan fingerprint density at radius 2 is 2.27 bits per heavy atom. The number of aliphatic hydroxyl groups excluding tert-OH is 1. The molecule has 1 aliphatic heterocycles. The van der Waals surface area contributed by atoms with E-state index in [0.29, 0.717) is 6.61 Å². The third-order valence-electron chi connectivity index (χ3n) is 1.81. The van der Waals surface area contributed by atoms with Crippen LogP contribution in [-0.2, 0) is 4.74 Å². The molecular weight excluding hydrogens is 168 g/mol. The molecule has 1 saturated heterocycles. The van der Waals surface area contributed by atoms with Gasteiger partial charge in [0.2, 0.25) is 0 Å². The lowest BCUT2D eigenvalue weighted by molar-refractivity contribution is -0.0316. The van der Waals surface area contributed by atoms with Crippen LogP contribution in [0.1, 0.15) is 12.8 Å². The molecule has 0 bridgehead atoms. The van der Waals surface area contributed by atoms with Crippen LogP contribution in [0.2, 0.25) is 0 Å². The molecule has 0 radical (unpaired) electrons. The lowest BCUT2D eigenvalue weighted by Gasteiger charge is -2.26. The Morgan fingerprint density at radius 1 is 1.55 bits per heavy atom. The third kappa shape index (κ3) is 3.35. The molecule has 0 amide bonds.